The molecule has 0 aliphatic rings. The third kappa shape index (κ3) is 4.54. The number of carboxylic acid groups (broad SMARTS) is 1. The van der Waals surface area contributed by atoms with Gasteiger partial charge in [-0.15, -0.1) is 11.8 Å². The van der Waals surface area contributed by atoms with E-state index in [0.29, 0.717) is 12.0 Å². The standard InChI is InChI=1S/C13H15NO4S2/c1-2-12(13(15)16)19-7-8-20(17,18)11-5-3-10(9-14)4-6-11/h3-6,12H,2,7-8H2,1H3,(H,15,16). The lowest BCUT2D eigenvalue weighted by atomic mass is 10.2. The van der Waals surface area contributed by atoms with Crippen molar-refractivity contribution in [2.45, 2.75) is 23.5 Å². The van der Waals surface area contributed by atoms with E-state index in [1.165, 1.54) is 24.3 Å². The van der Waals surface area contributed by atoms with Gasteiger partial charge in [-0.1, -0.05) is 6.92 Å². The van der Waals surface area contributed by atoms with Crippen LogP contribution in [0.4, 0.5) is 0 Å². The third-order valence-electron chi connectivity index (χ3n) is 2.66. The van der Waals surface area contributed by atoms with E-state index in [4.69, 9.17) is 10.4 Å². The Bertz CT molecular complexity index is 602. The molecule has 1 N–H and O–H groups in total. The van der Waals surface area contributed by atoms with Crippen molar-refractivity contribution in [2.75, 3.05) is 11.5 Å². The molecule has 1 atom stereocenters. The van der Waals surface area contributed by atoms with E-state index < -0.39 is 21.1 Å². The number of hydrogen-bond donors (Lipinski definition) is 1. The number of carboxylic acids is 1. The minimum absolute atomic E-state index is 0.118. The second-order valence-electron chi connectivity index (χ2n) is 4.06. The quantitative estimate of drug-likeness (QED) is 0.826. The van der Waals surface area contributed by atoms with Crippen molar-refractivity contribution in [3.8, 4) is 6.07 Å². The molecule has 0 aromatic heterocycles. The molecule has 1 rings (SSSR count). The lowest BCUT2D eigenvalue weighted by molar-refractivity contribution is -0.136. The number of sulfone groups is 1. The predicted octanol–water partition coefficient (Wildman–Crippen LogP) is 1.93. The smallest absolute Gasteiger partial charge is 0.316 e. The maximum absolute atomic E-state index is 12.0. The summed E-state index contributed by atoms with van der Waals surface area (Å²) in [4.78, 5) is 11.0. The van der Waals surface area contributed by atoms with Crippen LogP contribution in [-0.4, -0.2) is 36.2 Å². The van der Waals surface area contributed by atoms with Crippen molar-refractivity contribution < 1.29 is 18.3 Å². The summed E-state index contributed by atoms with van der Waals surface area (Å²) < 4.78 is 24.1. The maximum Gasteiger partial charge on any atom is 0.316 e. The van der Waals surface area contributed by atoms with Crippen LogP contribution in [0.3, 0.4) is 0 Å². The van der Waals surface area contributed by atoms with Gasteiger partial charge in [0.05, 0.1) is 22.3 Å². The first-order valence-electron chi connectivity index (χ1n) is 5.98. The molecular formula is C13H15NO4S2. The fourth-order valence-corrected chi connectivity index (χ4v) is 4.23. The van der Waals surface area contributed by atoms with Gasteiger partial charge in [-0.3, -0.25) is 4.79 Å². The lowest BCUT2D eigenvalue weighted by Gasteiger charge is -2.09. The monoisotopic (exact) mass is 313 g/mol. The summed E-state index contributed by atoms with van der Waals surface area (Å²) in [5.74, 6) is -0.811. The maximum atomic E-state index is 12.0. The van der Waals surface area contributed by atoms with Crippen LogP contribution >= 0.6 is 11.8 Å². The van der Waals surface area contributed by atoms with Crippen LogP contribution in [0, 0.1) is 11.3 Å². The zero-order valence-electron chi connectivity index (χ0n) is 10.9. The molecule has 0 radical (unpaired) electrons. The summed E-state index contributed by atoms with van der Waals surface area (Å²) in [6.07, 6.45) is 0.455. The van der Waals surface area contributed by atoms with Crippen molar-refractivity contribution in [3.05, 3.63) is 29.8 Å². The molecule has 0 spiro atoms. The van der Waals surface area contributed by atoms with E-state index in [1.807, 2.05) is 6.07 Å². The highest BCUT2D eigenvalue weighted by Crippen LogP contribution is 2.18. The minimum atomic E-state index is -3.44. The highest BCUT2D eigenvalue weighted by molar-refractivity contribution is 8.01. The average Bonchev–Trinajstić information content (AvgIpc) is 2.43. The van der Waals surface area contributed by atoms with Crippen LogP contribution in [0.1, 0.15) is 18.9 Å². The number of thioether (sulfide) groups is 1. The highest BCUT2D eigenvalue weighted by Gasteiger charge is 2.19. The summed E-state index contributed by atoms with van der Waals surface area (Å²) >= 11 is 1.13. The van der Waals surface area contributed by atoms with Gasteiger partial charge in [0.25, 0.3) is 0 Å². The molecular weight excluding hydrogens is 298 g/mol. The van der Waals surface area contributed by atoms with Crippen LogP contribution in [0.25, 0.3) is 0 Å². The number of benzene rings is 1. The lowest BCUT2D eigenvalue weighted by Crippen LogP contribution is -2.18. The summed E-state index contributed by atoms with van der Waals surface area (Å²) in [6.45, 7) is 1.75. The van der Waals surface area contributed by atoms with E-state index in [-0.39, 0.29) is 16.4 Å². The summed E-state index contributed by atoms with van der Waals surface area (Å²) in [6, 6.07) is 7.61. The van der Waals surface area contributed by atoms with E-state index in [9.17, 15) is 13.2 Å². The minimum Gasteiger partial charge on any atom is -0.480 e. The molecule has 1 unspecified atom stereocenters. The molecule has 0 heterocycles. The van der Waals surface area contributed by atoms with Gasteiger partial charge in [0.1, 0.15) is 5.25 Å². The molecule has 5 nitrogen and oxygen atoms in total. The molecule has 0 fully saturated rings. The first kappa shape index (κ1) is 16.5. The first-order valence-corrected chi connectivity index (χ1v) is 8.68. The SMILES string of the molecule is CCC(SCCS(=O)(=O)c1ccc(C#N)cc1)C(=O)O. The zero-order chi connectivity index (χ0) is 15.2. The largest absolute Gasteiger partial charge is 0.480 e. The van der Waals surface area contributed by atoms with Crippen LogP contribution in [0.2, 0.25) is 0 Å². The normalized spacial score (nSPS) is 12.6. The Morgan fingerprint density at radius 2 is 2.00 bits per heavy atom. The second-order valence-corrected chi connectivity index (χ2v) is 7.48. The Kier molecular flexibility index (Phi) is 6.05. The fourth-order valence-electron chi connectivity index (χ4n) is 1.52. The number of nitrogens with zero attached hydrogens (tertiary/aromatic N) is 1. The van der Waals surface area contributed by atoms with Gasteiger partial charge in [0.2, 0.25) is 0 Å². The number of carbonyl (C=O) groups is 1. The average molecular weight is 313 g/mol. The molecule has 7 heteroatoms. The van der Waals surface area contributed by atoms with Crippen LogP contribution in [0.15, 0.2) is 29.2 Å². The van der Waals surface area contributed by atoms with Gasteiger partial charge in [0.15, 0.2) is 9.84 Å². The van der Waals surface area contributed by atoms with Gasteiger partial charge in [-0.2, -0.15) is 5.26 Å². The molecule has 0 amide bonds. The molecule has 1 aromatic rings. The zero-order valence-corrected chi connectivity index (χ0v) is 12.6. The van der Waals surface area contributed by atoms with Crippen molar-refractivity contribution in [1.29, 1.82) is 5.26 Å². The van der Waals surface area contributed by atoms with E-state index in [0.717, 1.165) is 11.8 Å². The molecule has 0 saturated carbocycles. The Labute approximate surface area is 122 Å². The molecule has 1 aromatic carbocycles. The number of nitriles is 1. The Morgan fingerprint density at radius 3 is 2.45 bits per heavy atom. The van der Waals surface area contributed by atoms with Crippen molar-refractivity contribution in [1.82, 2.24) is 0 Å². The number of hydrogen-bond acceptors (Lipinski definition) is 5. The third-order valence-corrected chi connectivity index (χ3v) is 6.03. The van der Waals surface area contributed by atoms with Crippen LogP contribution in [-0.2, 0) is 14.6 Å². The van der Waals surface area contributed by atoms with Crippen molar-refractivity contribution in [3.63, 3.8) is 0 Å². The number of rotatable bonds is 7. The molecule has 108 valence electrons. The summed E-state index contributed by atoms with van der Waals surface area (Å²) in [5, 5.41) is 17.0. The van der Waals surface area contributed by atoms with E-state index in [2.05, 4.69) is 0 Å². The summed E-state index contributed by atoms with van der Waals surface area (Å²) in [7, 11) is -3.44. The topological polar surface area (TPSA) is 95.2 Å². The Balaban J connectivity index is 2.66. The summed E-state index contributed by atoms with van der Waals surface area (Å²) in [5.41, 5.74) is 0.398. The van der Waals surface area contributed by atoms with Crippen molar-refractivity contribution >= 4 is 27.6 Å². The Hall–Kier alpha value is -1.52. The van der Waals surface area contributed by atoms with Crippen LogP contribution in [0.5, 0.6) is 0 Å². The Morgan fingerprint density at radius 1 is 1.40 bits per heavy atom. The first-order chi connectivity index (χ1) is 9.40. The molecule has 0 saturated heterocycles. The molecule has 0 bridgehead atoms. The van der Waals surface area contributed by atoms with Gasteiger partial charge in [0, 0.05) is 5.75 Å². The van der Waals surface area contributed by atoms with Crippen LogP contribution < -0.4 is 0 Å². The van der Waals surface area contributed by atoms with Gasteiger partial charge < -0.3 is 5.11 Å². The molecule has 20 heavy (non-hydrogen) atoms. The second kappa shape index (κ2) is 7.31. The molecule has 0 aliphatic heterocycles. The van der Waals surface area contributed by atoms with Gasteiger partial charge >= 0.3 is 5.97 Å². The predicted molar refractivity (Wildman–Crippen MR) is 77.4 cm³/mol. The molecule has 0 aliphatic carbocycles. The van der Waals surface area contributed by atoms with Gasteiger partial charge in [-0.25, -0.2) is 8.42 Å². The van der Waals surface area contributed by atoms with E-state index >= 15 is 0 Å². The van der Waals surface area contributed by atoms with Gasteiger partial charge in [-0.05, 0) is 30.7 Å². The van der Waals surface area contributed by atoms with E-state index in [1.54, 1.807) is 6.92 Å². The highest BCUT2D eigenvalue weighted by atomic mass is 32.2. The fraction of sp³-hybridized carbons (Fsp3) is 0.385. The number of aliphatic carboxylic acids is 1. The van der Waals surface area contributed by atoms with Crippen molar-refractivity contribution in [2.24, 2.45) is 0 Å².